The molecule has 0 aliphatic heterocycles. The standard InChI is InChI=1S/C11H12ClF4NO/c1-2-9(17)10(18,11(14,15)16)7-5-6(13)3-4-8(7)12/h3-5,9,18H,2,17H2,1H3. The van der Waals surface area contributed by atoms with E-state index in [-0.39, 0.29) is 11.4 Å². The van der Waals surface area contributed by atoms with Crippen LogP contribution in [0.1, 0.15) is 18.9 Å². The number of rotatable bonds is 3. The molecule has 102 valence electrons. The first-order valence-corrected chi connectivity index (χ1v) is 5.52. The van der Waals surface area contributed by atoms with Gasteiger partial charge in [0.25, 0.3) is 0 Å². The third-order valence-electron chi connectivity index (χ3n) is 2.75. The lowest BCUT2D eigenvalue weighted by atomic mass is 9.84. The zero-order valence-corrected chi connectivity index (χ0v) is 10.2. The van der Waals surface area contributed by atoms with Crippen LogP contribution >= 0.6 is 11.6 Å². The molecule has 2 unspecified atom stereocenters. The molecule has 18 heavy (non-hydrogen) atoms. The number of hydrogen-bond donors (Lipinski definition) is 2. The van der Waals surface area contributed by atoms with Gasteiger partial charge < -0.3 is 10.8 Å². The van der Waals surface area contributed by atoms with Gasteiger partial charge in [0.05, 0.1) is 0 Å². The van der Waals surface area contributed by atoms with E-state index in [9.17, 15) is 22.7 Å². The van der Waals surface area contributed by atoms with Crippen LogP contribution in [-0.2, 0) is 5.60 Å². The second-order valence-electron chi connectivity index (χ2n) is 3.90. The van der Waals surface area contributed by atoms with Gasteiger partial charge in [-0.15, -0.1) is 0 Å². The van der Waals surface area contributed by atoms with Crippen molar-refractivity contribution in [2.24, 2.45) is 5.73 Å². The van der Waals surface area contributed by atoms with Crippen molar-refractivity contribution in [2.45, 2.75) is 31.2 Å². The number of halogens is 5. The lowest BCUT2D eigenvalue weighted by Gasteiger charge is -2.36. The van der Waals surface area contributed by atoms with Crippen LogP contribution in [0.25, 0.3) is 0 Å². The molecule has 0 saturated heterocycles. The molecule has 0 radical (unpaired) electrons. The maximum atomic E-state index is 13.1. The Morgan fingerprint density at radius 2 is 1.94 bits per heavy atom. The molecule has 1 aromatic carbocycles. The molecular weight excluding hydrogens is 274 g/mol. The summed E-state index contributed by atoms with van der Waals surface area (Å²) in [5.74, 6) is -0.930. The molecule has 1 aromatic rings. The molecule has 0 bridgehead atoms. The zero-order valence-electron chi connectivity index (χ0n) is 9.43. The van der Waals surface area contributed by atoms with Crippen molar-refractivity contribution in [3.05, 3.63) is 34.6 Å². The van der Waals surface area contributed by atoms with E-state index >= 15 is 0 Å². The number of aliphatic hydroxyl groups is 1. The van der Waals surface area contributed by atoms with Crippen LogP contribution in [0.15, 0.2) is 18.2 Å². The second kappa shape index (κ2) is 5.03. The van der Waals surface area contributed by atoms with Gasteiger partial charge in [0.15, 0.2) is 0 Å². The highest BCUT2D eigenvalue weighted by Gasteiger charge is 2.59. The van der Waals surface area contributed by atoms with E-state index in [2.05, 4.69) is 0 Å². The fraction of sp³-hybridized carbons (Fsp3) is 0.455. The molecule has 7 heteroatoms. The Hall–Kier alpha value is -0.850. The summed E-state index contributed by atoms with van der Waals surface area (Å²) < 4.78 is 52.1. The number of alkyl halides is 3. The molecule has 0 amide bonds. The molecular formula is C11H12ClF4NO. The van der Waals surface area contributed by atoms with Gasteiger partial charge in [0.1, 0.15) is 5.82 Å². The summed E-state index contributed by atoms with van der Waals surface area (Å²) in [5.41, 5.74) is 1.19. The molecule has 1 rings (SSSR count). The Bertz CT molecular complexity index is 438. The molecule has 2 nitrogen and oxygen atoms in total. The van der Waals surface area contributed by atoms with Crippen molar-refractivity contribution in [2.75, 3.05) is 0 Å². The first-order valence-electron chi connectivity index (χ1n) is 5.14. The summed E-state index contributed by atoms with van der Waals surface area (Å²) in [7, 11) is 0. The van der Waals surface area contributed by atoms with Gasteiger partial charge in [-0.05, 0) is 24.6 Å². The van der Waals surface area contributed by atoms with Gasteiger partial charge >= 0.3 is 6.18 Å². The average molecular weight is 286 g/mol. The van der Waals surface area contributed by atoms with Crippen LogP contribution in [0.5, 0.6) is 0 Å². The Balaban J connectivity index is 3.49. The Labute approximate surface area is 106 Å². The monoisotopic (exact) mass is 285 g/mol. The van der Waals surface area contributed by atoms with E-state index < -0.39 is 29.2 Å². The molecule has 0 aromatic heterocycles. The van der Waals surface area contributed by atoms with Crippen molar-refractivity contribution in [3.63, 3.8) is 0 Å². The molecule has 0 aliphatic carbocycles. The van der Waals surface area contributed by atoms with Gasteiger partial charge in [0, 0.05) is 16.6 Å². The van der Waals surface area contributed by atoms with Gasteiger partial charge in [-0.25, -0.2) is 4.39 Å². The molecule has 0 saturated carbocycles. The van der Waals surface area contributed by atoms with E-state index in [0.717, 1.165) is 12.1 Å². The zero-order chi connectivity index (χ0) is 14.1. The second-order valence-corrected chi connectivity index (χ2v) is 4.31. The van der Waals surface area contributed by atoms with E-state index in [4.69, 9.17) is 17.3 Å². The van der Waals surface area contributed by atoms with Gasteiger partial charge in [0.2, 0.25) is 5.60 Å². The molecule has 0 fully saturated rings. The third-order valence-corrected chi connectivity index (χ3v) is 3.08. The first-order chi connectivity index (χ1) is 8.14. The Kier molecular flexibility index (Phi) is 4.25. The fourth-order valence-corrected chi connectivity index (χ4v) is 1.91. The predicted octanol–water partition coefficient (Wildman–Crippen LogP) is 2.97. The Morgan fingerprint density at radius 3 is 2.39 bits per heavy atom. The van der Waals surface area contributed by atoms with E-state index in [1.807, 2.05) is 0 Å². The quantitative estimate of drug-likeness (QED) is 0.839. The fourth-order valence-electron chi connectivity index (χ4n) is 1.65. The normalized spacial score (nSPS) is 17.3. The summed E-state index contributed by atoms with van der Waals surface area (Å²) in [6, 6.07) is 0.758. The summed E-state index contributed by atoms with van der Waals surface area (Å²) in [6.45, 7) is 1.38. The lowest BCUT2D eigenvalue weighted by Crippen LogP contribution is -2.55. The number of hydrogen-bond acceptors (Lipinski definition) is 2. The predicted molar refractivity (Wildman–Crippen MR) is 59.6 cm³/mol. The van der Waals surface area contributed by atoms with Crippen molar-refractivity contribution in [1.82, 2.24) is 0 Å². The van der Waals surface area contributed by atoms with Crippen LogP contribution in [0.4, 0.5) is 17.6 Å². The summed E-state index contributed by atoms with van der Waals surface area (Å²) in [4.78, 5) is 0. The smallest absolute Gasteiger partial charge is 0.375 e. The maximum Gasteiger partial charge on any atom is 0.423 e. The van der Waals surface area contributed by atoms with Crippen molar-refractivity contribution in [1.29, 1.82) is 0 Å². The lowest BCUT2D eigenvalue weighted by molar-refractivity contribution is -0.274. The van der Waals surface area contributed by atoms with Crippen LogP contribution in [0, 0.1) is 5.82 Å². The van der Waals surface area contributed by atoms with Crippen molar-refractivity contribution in [3.8, 4) is 0 Å². The topological polar surface area (TPSA) is 46.2 Å². The highest BCUT2D eigenvalue weighted by atomic mass is 35.5. The van der Waals surface area contributed by atoms with Crippen LogP contribution in [0.2, 0.25) is 5.02 Å². The number of nitrogens with two attached hydrogens (primary N) is 1. The Morgan fingerprint density at radius 1 is 1.39 bits per heavy atom. The number of benzene rings is 1. The van der Waals surface area contributed by atoms with E-state index in [1.165, 1.54) is 6.92 Å². The summed E-state index contributed by atoms with van der Waals surface area (Å²) >= 11 is 5.61. The SMILES string of the molecule is CCC(N)C(O)(c1cc(F)ccc1Cl)C(F)(F)F. The minimum absolute atomic E-state index is 0.150. The first kappa shape index (κ1) is 15.2. The maximum absolute atomic E-state index is 13.1. The highest BCUT2D eigenvalue weighted by Crippen LogP contribution is 2.44. The van der Waals surface area contributed by atoms with Gasteiger partial charge in [-0.3, -0.25) is 0 Å². The van der Waals surface area contributed by atoms with Crippen molar-refractivity contribution < 1.29 is 22.7 Å². The van der Waals surface area contributed by atoms with Crippen LogP contribution in [-0.4, -0.2) is 17.3 Å². The summed E-state index contributed by atoms with van der Waals surface area (Å²) in [5, 5.41) is 9.50. The molecule has 0 aliphatic rings. The average Bonchev–Trinajstić information content (AvgIpc) is 2.28. The van der Waals surface area contributed by atoms with E-state index in [0.29, 0.717) is 6.07 Å². The minimum atomic E-state index is -5.06. The largest absolute Gasteiger partial charge is 0.423 e. The molecule has 3 N–H and O–H groups in total. The van der Waals surface area contributed by atoms with E-state index in [1.54, 1.807) is 0 Å². The van der Waals surface area contributed by atoms with Gasteiger partial charge in [-0.1, -0.05) is 18.5 Å². The van der Waals surface area contributed by atoms with Crippen LogP contribution < -0.4 is 5.73 Å². The van der Waals surface area contributed by atoms with Gasteiger partial charge in [-0.2, -0.15) is 13.2 Å². The minimum Gasteiger partial charge on any atom is -0.375 e. The van der Waals surface area contributed by atoms with Crippen LogP contribution in [0.3, 0.4) is 0 Å². The molecule has 0 heterocycles. The third kappa shape index (κ3) is 2.46. The highest BCUT2D eigenvalue weighted by molar-refractivity contribution is 6.31. The molecule has 0 spiro atoms. The molecule has 2 atom stereocenters. The summed E-state index contributed by atoms with van der Waals surface area (Å²) in [6.07, 6.45) is -5.21. The van der Waals surface area contributed by atoms with Crippen molar-refractivity contribution >= 4 is 11.6 Å².